The molecule has 0 amide bonds. The van der Waals surface area contributed by atoms with Gasteiger partial charge in [0.15, 0.2) is 0 Å². The van der Waals surface area contributed by atoms with Crippen molar-refractivity contribution < 1.29 is 17.1 Å². The molecular formula is C8H15FeN. The molecule has 0 spiro atoms. The van der Waals surface area contributed by atoms with Gasteiger partial charge in [-0.15, -0.1) is 6.42 Å². The molecule has 0 unspecified atom stereocenters. The van der Waals surface area contributed by atoms with Gasteiger partial charge in [-0.2, -0.15) is 6.08 Å². The van der Waals surface area contributed by atoms with Gasteiger partial charge in [-0.05, 0) is 14.1 Å². The van der Waals surface area contributed by atoms with Gasteiger partial charge in [-0.25, -0.2) is 12.2 Å². The van der Waals surface area contributed by atoms with Gasteiger partial charge in [0.2, 0.25) is 0 Å². The average molecular weight is 181 g/mol. The van der Waals surface area contributed by atoms with Crippen molar-refractivity contribution in [3.63, 3.8) is 0 Å². The number of nitrogens with one attached hydrogen (secondary N) is 1. The van der Waals surface area contributed by atoms with Crippen LogP contribution >= 0.6 is 0 Å². The van der Waals surface area contributed by atoms with Crippen molar-refractivity contribution in [3.8, 4) is 0 Å². The standard InChI is InChI=1S/C5H5.C2H7N.CH3.Fe/c1-2-4-5-3-1;1-3-2;;/h1-3H,4H2;3H,1-2H3;1H3;/q-1;;-1;+2. The fourth-order valence-corrected chi connectivity index (χ4v) is 0.340. The smallest absolute Gasteiger partial charge is 0.358 e. The van der Waals surface area contributed by atoms with Gasteiger partial charge in [0.25, 0.3) is 0 Å². The Kier molecular flexibility index (Phi) is 26.4. The molecule has 0 aromatic rings. The first-order valence-corrected chi connectivity index (χ1v) is 2.72. The zero-order chi connectivity index (χ0) is 6.24. The molecule has 0 saturated carbocycles. The van der Waals surface area contributed by atoms with Gasteiger partial charge >= 0.3 is 17.1 Å². The molecule has 0 heterocycles. The van der Waals surface area contributed by atoms with E-state index in [0.29, 0.717) is 0 Å². The fourth-order valence-electron chi connectivity index (χ4n) is 0.340. The van der Waals surface area contributed by atoms with Gasteiger partial charge < -0.3 is 12.7 Å². The van der Waals surface area contributed by atoms with Crippen LogP contribution in [-0.4, -0.2) is 14.1 Å². The van der Waals surface area contributed by atoms with E-state index in [1.54, 1.807) is 0 Å². The summed E-state index contributed by atoms with van der Waals surface area (Å²) in [5.74, 6) is 0. The molecule has 60 valence electrons. The summed E-state index contributed by atoms with van der Waals surface area (Å²) in [4.78, 5) is 0. The van der Waals surface area contributed by atoms with E-state index in [-0.39, 0.29) is 24.5 Å². The van der Waals surface area contributed by atoms with Gasteiger partial charge in [0.05, 0.1) is 0 Å². The van der Waals surface area contributed by atoms with Crippen LogP contribution in [0.15, 0.2) is 18.2 Å². The Balaban J connectivity index is -0.0000000900. The minimum atomic E-state index is 0. The Morgan fingerprint density at radius 2 is 1.90 bits per heavy atom. The molecule has 1 rings (SSSR count). The Bertz CT molecular complexity index is 77.3. The van der Waals surface area contributed by atoms with E-state index in [9.17, 15) is 0 Å². The molecule has 0 aromatic carbocycles. The molecule has 0 fully saturated rings. The zero-order valence-corrected chi connectivity index (χ0v) is 7.90. The second kappa shape index (κ2) is 16.0. The summed E-state index contributed by atoms with van der Waals surface area (Å²) in [7, 11) is 3.75. The van der Waals surface area contributed by atoms with Crippen LogP contribution < -0.4 is 5.32 Å². The van der Waals surface area contributed by atoms with Crippen LogP contribution in [0.5, 0.6) is 0 Å². The number of hydrogen-bond acceptors (Lipinski definition) is 1. The summed E-state index contributed by atoms with van der Waals surface area (Å²) < 4.78 is 0. The average Bonchev–Trinajstić information content (AvgIpc) is 2.17. The number of allylic oxidation sites excluding steroid dienone is 4. The molecule has 1 aliphatic carbocycles. The van der Waals surface area contributed by atoms with E-state index >= 15 is 0 Å². The molecule has 10 heavy (non-hydrogen) atoms. The van der Waals surface area contributed by atoms with E-state index in [2.05, 4.69) is 17.5 Å². The maximum atomic E-state index is 2.99. The van der Waals surface area contributed by atoms with Crippen LogP contribution in [-0.2, 0) is 17.1 Å². The predicted octanol–water partition coefficient (Wildman–Crippen LogP) is 1.59. The van der Waals surface area contributed by atoms with Crippen molar-refractivity contribution in [1.29, 1.82) is 0 Å². The summed E-state index contributed by atoms with van der Waals surface area (Å²) >= 11 is 0. The third kappa shape index (κ3) is 15.7. The summed E-state index contributed by atoms with van der Waals surface area (Å²) in [6, 6.07) is 0. The Morgan fingerprint density at radius 1 is 1.40 bits per heavy atom. The summed E-state index contributed by atoms with van der Waals surface area (Å²) in [5, 5.41) is 2.75. The van der Waals surface area contributed by atoms with Crippen LogP contribution in [0.1, 0.15) is 6.42 Å². The summed E-state index contributed by atoms with van der Waals surface area (Å²) in [5.41, 5.74) is 0. The van der Waals surface area contributed by atoms with Crippen molar-refractivity contribution in [3.05, 3.63) is 31.7 Å². The van der Waals surface area contributed by atoms with E-state index in [0.717, 1.165) is 6.42 Å². The normalized spacial score (nSPS) is 10.6. The minimum absolute atomic E-state index is 0. The molecule has 0 bridgehead atoms. The maximum absolute atomic E-state index is 2.99. The van der Waals surface area contributed by atoms with Gasteiger partial charge in [-0.3, -0.25) is 6.08 Å². The Hall–Kier alpha value is -0.0405. The van der Waals surface area contributed by atoms with Crippen molar-refractivity contribution in [2.24, 2.45) is 0 Å². The molecule has 0 saturated heterocycles. The molecule has 0 radical (unpaired) electrons. The van der Waals surface area contributed by atoms with Crippen molar-refractivity contribution in [1.82, 2.24) is 5.32 Å². The van der Waals surface area contributed by atoms with Crippen LogP contribution in [0, 0.1) is 13.5 Å². The van der Waals surface area contributed by atoms with E-state index < -0.39 is 0 Å². The number of hydrogen-bond donors (Lipinski definition) is 1. The summed E-state index contributed by atoms with van der Waals surface area (Å²) in [6.45, 7) is 0. The number of rotatable bonds is 0. The fraction of sp³-hybridized carbons (Fsp3) is 0.375. The SMILES string of the molecule is CNC.[C-]1=CC=CC1.[CH3-].[Fe+2]. The van der Waals surface area contributed by atoms with E-state index in [1.165, 1.54) is 0 Å². The summed E-state index contributed by atoms with van der Waals surface area (Å²) in [6.07, 6.45) is 10.0. The van der Waals surface area contributed by atoms with Crippen LogP contribution in [0.25, 0.3) is 0 Å². The first kappa shape index (κ1) is 16.5. The van der Waals surface area contributed by atoms with Gasteiger partial charge in [0.1, 0.15) is 0 Å². The first-order chi connectivity index (χ1) is 3.91. The van der Waals surface area contributed by atoms with Gasteiger partial charge in [-0.1, -0.05) is 0 Å². The maximum Gasteiger partial charge on any atom is 2.00 e. The molecular weight excluding hydrogens is 166 g/mol. The zero-order valence-electron chi connectivity index (χ0n) is 6.79. The van der Waals surface area contributed by atoms with Crippen LogP contribution in [0.2, 0.25) is 0 Å². The quantitative estimate of drug-likeness (QED) is 0.442. The minimum Gasteiger partial charge on any atom is -0.358 e. The van der Waals surface area contributed by atoms with Crippen molar-refractivity contribution >= 4 is 0 Å². The first-order valence-electron chi connectivity index (χ1n) is 2.72. The Morgan fingerprint density at radius 3 is 2.00 bits per heavy atom. The largest absolute Gasteiger partial charge is 2.00 e. The van der Waals surface area contributed by atoms with E-state index in [4.69, 9.17) is 0 Å². The van der Waals surface area contributed by atoms with E-state index in [1.807, 2.05) is 26.2 Å². The van der Waals surface area contributed by atoms with Crippen molar-refractivity contribution in [2.75, 3.05) is 14.1 Å². The molecule has 0 aliphatic heterocycles. The van der Waals surface area contributed by atoms with Crippen LogP contribution in [0.3, 0.4) is 0 Å². The van der Waals surface area contributed by atoms with Crippen molar-refractivity contribution in [2.45, 2.75) is 6.42 Å². The topological polar surface area (TPSA) is 12.0 Å². The Labute approximate surface area is 75.1 Å². The third-order valence-corrected chi connectivity index (χ3v) is 0.586. The molecule has 1 aliphatic rings. The second-order valence-corrected chi connectivity index (χ2v) is 1.50. The molecule has 2 heteroatoms. The molecule has 0 aromatic heterocycles. The second-order valence-electron chi connectivity index (χ2n) is 1.50. The molecule has 1 N–H and O–H groups in total. The third-order valence-electron chi connectivity index (χ3n) is 0.586. The van der Waals surface area contributed by atoms with Gasteiger partial charge in [0, 0.05) is 0 Å². The monoisotopic (exact) mass is 181 g/mol. The van der Waals surface area contributed by atoms with Crippen LogP contribution in [0.4, 0.5) is 0 Å². The molecule has 1 nitrogen and oxygen atoms in total. The molecule has 0 atom stereocenters. The predicted molar refractivity (Wildman–Crippen MR) is 43.0 cm³/mol.